The van der Waals surface area contributed by atoms with Crippen molar-refractivity contribution < 1.29 is 4.79 Å². The molecule has 0 unspecified atom stereocenters. The van der Waals surface area contributed by atoms with E-state index in [0.717, 1.165) is 18.8 Å². The van der Waals surface area contributed by atoms with E-state index in [1.807, 2.05) is 36.7 Å². The summed E-state index contributed by atoms with van der Waals surface area (Å²) in [7, 11) is 1.91. The number of benzene rings is 1. The predicted molar refractivity (Wildman–Crippen MR) is 91.5 cm³/mol. The number of aromatic nitrogens is 1. The van der Waals surface area contributed by atoms with Crippen LogP contribution in [0.4, 0.5) is 5.69 Å². The fraction of sp³-hybridized carbons (Fsp3) is 0.389. The van der Waals surface area contributed by atoms with Crippen molar-refractivity contribution in [3.05, 3.63) is 53.3 Å². The molecule has 1 aromatic carbocycles. The fourth-order valence-electron chi connectivity index (χ4n) is 2.60. The Balaban J connectivity index is 1.93. The van der Waals surface area contributed by atoms with E-state index >= 15 is 0 Å². The Kier molecular flexibility index (Phi) is 5.26. The van der Waals surface area contributed by atoms with Crippen LogP contribution in [0.25, 0.3) is 0 Å². The molecule has 0 aliphatic rings. The number of likely N-dealkylation sites (N-methyl/N-ethyl adjacent to an activating group) is 1. The largest absolute Gasteiger partial charge is 0.370 e. The molecule has 2 rings (SSSR count). The molecule has 4 nitrogen and oxygen atoms in total. The van der Waals surface area contributed by atoms with Gasteiger partial charge in [-0.3, -0.25) is 4.79 Å². The van der Waals surface area contributed by atoms with Gasteiger partial charge in [-0.25, -0.2) is 0 Å². The van der Waals surface area contributed by atoms with Crippen molar-refractivity contribution in [3.63, 3.8) is 0 Å². The van der Waals surface area contributed by atoms with Gasteiger partial charge in [0, 0.05) is 38.1 Å². The van der Waals surface area contributed by atoms with Gasteiger partial charge in [0.1, 0.15) is 5.69 Å². The highest BCUT2D eigenvalue weighted by Gasteiger charge is 2.11. The van der Waals surface area contributed by atoms with Crippen LogP contribution in [0, 0.1) is 13.8 Å². The van der Waals surface area contributed by atoms with Crippen LogP contribution < -0.4 is 10.2 Å². The zero-order valence-corrected chi connectivity index (χ0v) is 13.9. The van der Waals surface area contributed by atoms with Gasteiger partial charge in [-0.15, -0.1) is 0 Å². The number of amides is 1. The lowest BCUT2D eigenvalue weighted by atomic mass is 10.2. The maximum atomic E-state index is 12.2. The number of rotatable bonds is 6. The summed E-state index contributed by atoms with van der Waals surface area (Å²) in [4.78, 5) is 14.5. The summed E-state index contributed by atoms with van der Waals surface area (Å²) >= 11 is 0. The third-order valence-corrected chi connectivity index (χ3v) is 4.11. The van der Waals surface area contributed by atoms with Crippen LogP contribution in [0.2, 0.25) is 0 Å². The van der Waals surface area contributed by atoms with Crippen molar-refractivity contribution >= 4 is 11.6 Å². The Morgan fingerprint density at radius 3 is 2.50 bits per heavy atom. The summed E-state index contributed by atoms with van der Waals surface area (Å²) in [6, 6.07) is 12.2. The first-order chi connectivity index (χ1) is 10.5. The SMILES string of the molecule is CCN(CCNC(=O)c1ccc(C)n1C)c1ccccc1C. The minimum Gasteiger partial charge on any atom is -0.370 e. The normalized spacial score (nSPS) is 10.5. The number of para-hydroxylation sites is 1. The first-order valence-corrected chi connectivity index (χ1v) is 7.75. The number of aryl methyl sites for hydroxylation is 2. The lowest BCUT2D eigenvalue weighted by Crippen LogP contribution is -2.35. The molecule has 0 saturated carbocycles. The first kappa shape index (κ1) is 16.1. The molecule has 2 aromatic rings. The van der Waals surface area contributed by atoms with E-state index in [2.05, 4.69) is 42.3 Å². The maximum Gasteiger partial charge on any atom is 0.267 e. The van der Waals surface area contributed by atoms with Gasteiger partial charge in [-0.05, 0) is 44.5 Å². The lowest BCUT2D eigenvalue weighted by Gasteiger charge is -2.25. The average molecular weight is 299 g/mol. The van der Waals surface area contributed by atoms with Crippen LogP contribution in [0.15, 0.2) is 36.4 Å². The Labute approximate surface area is 132 Å². The quantitative estimate of drug-likeness (QED) is 0.890. The second-order valence-electron chi connectivity index (χ2n) is 5.54. The molecule has 118 valence electrons. The predicted octanol–water partition coefficient (Wildman–Crippen LogP) is 2.90. The molecular weight excluding hydrogens is 274 g/mol. The lowest BCUT2D eigenvalue weighted by molar-refractivity contribution is 0.0946. The van der Waals surface area contributed by atoms with Crippen LogP contribution in [-0.4, -0.2) is 30.1 Å². The number of hydrogen-bond donors (Lipinski definition) is 1. The second kappa shape index (κ2) is 7.16. The van der Waals surface area contributed by atoms with Crippen molar-refractivity contribution in [2.24, 2.45) is 7.05 Å². The molecule has 0 bridgehead atoms. The van der Waals surface area contributed by atoms with E-state index in [1.165, 1.54) is 11.3 Å². The molecule has 4 heteroatoms. The van der Waals surface area contributed by atoms with Gasteiger partial charge in [-0.1, -0.05) is 18.2 Å². The standard InChI is InChI=1S/C18H25N3O/c1-5-21(16-9-7-6-8-14(16)2)13-12-19-18(22)17-11-10-15(3)20(17)4/h6-11H,5,12-13H2,1-4H3,(H,19,22). The molecule has 1 N–H and O–H groups in total. The molecule has 0 aliphatic carbocycles. The van der Waals surface area contributed by atoms with Crippen LogP contribution in [0.1, 0.15) is 28.7 Å². The summed E-state index contributed by atoms with van der Waals surface area (Å²) in [6.45, 7) is 8.59. The Hall–Kier alpha value is -2.23. The van der Waals surface area contributed by atoms with Gasteiger partial charge in [0.2, 0.25) is 0 Å². The first-order valence-electron chi connectivity index (χ1n) is 7.75. The fourth-order valence-corrected chi connectivity index (χ4v) is 2.60. The molecule has 1 heterocycles. The summed E-state index contributed by atoms with van der Waals surface area (Å²) in [5.41, 5.74) is 4.28. The van der Waals surface area contributed by atoms with E-state index in [-0.39, 0.29) is 5.91 Å². The van der Waals surface area contributed by atoms with E-state index in [1.54, 1.807) is 0 Å². The molecular formula is C18H25N3O. The summed E-state index contributed by atoms with van der Waals surface area (Å²) < 4.78 is 1.91. The third-order valence-electron chi connectivity index (χ3n) is 4.11. The van der Waals surface area contributed by atoms with Gasteiger partial charge >= 0.3 is 0 Å². The minimum atomic E-state index is -0.0172. The number of anilines is 1. The highest BCUT2D eigenvalue weighted by molar-refractivity contribution is 5.92. The van der Waals surface area contributed by atoms with Gasteiger partial charge in [0.05, 0.1) is 0 Å². The maximum absolute atomic E-state index is 12.2. The highest BCUT2D eigenvalue weighted by Crippen LogP contribution is 2.18. The number of nitrogens with zero attached hydrogens (tertiary/aromatic N) is 2. The van der Waals surface area contributed by atoms with Crippen molar-refractivity contribution in [1.29, 1.82) is 0 Å². The summed E-state index contributed by atoms with van der Waals surface area (Å²) in [5.74, 6) is -0.0172. The van der Waals surface area contributed by atoms with Gasteiger partial charge in [0.25, 0.3) is 5.91 Å². The molecule has 0 atom stereocenters. The van der Waals surface area contributed by atoms with E-state index in [0.29, 0.717) is 12.2 Å². The van der Waals surface area contributed by atoms with Crippen molar-refractivity contribution in [2.45, 2.75) is 20.8 Å². The molecule has 0 radical (unpaired) electrons. The molecule has 22 heavy (non-hydrogen) atoms. The number of nitrogens with one attached hydrogen (secondary N) is 1. The zero-order valence-electron chi connectivity index (χ0n) is 13.9. The van der Waals surface area contributed by atoms with Gasteiger partial charge in [0.15, 0.2) is 0 Å². The van der Waals surface area contributed by atoms with Crippen molar-refractivity contribution in [1.82, 2.24) is 9.88 Å². The topological polar surface area (TPSA) is 37.3 Å². The molecule has 0 spiro atoms. The van der Waals surface area contributed by atoms with Gasteiger partial charge in [-0.2, -0.15) is 0 Å². The summed E-state index contributed by atoms with van der Waals surface area (Å²) in [6.07, 6.45) is 0. The third kappa shape index (κ3) is 3.50. The Morgan fingerprint density at radius 1 is 1.18 bits per heavy atom. The Bertz CT molecular complexity index is 646. The molecule has 1 amide bonds. The molecule has 0 saturated heterocycles. The van der Waals surface area contributed by atoms with Gasteiger partial charge < -0.3 is 14.8 Å². The monoisotopic (exact) mass is 299 g/mol. The summed E-state index contributed by atoms with van der Waals surface area (Å²) in [5, 5.41) is 3.01. The van der Waals surface area contributed by atoms with Crippen LogP contribution in [0.3, 0.4) is 0 Å². The number of hydrogen-bond acceptors (Lipinski definition) is 2. The van der Waals surface area contributed by atoms with E-state index in [4.69, 9.17) is 0 Å². The second-order valence-corrected chi connectivity index (χ2v) is 5.54. The van der Waals surface area contributed by atoms with Crippen molar-refractivity contribution in [3.8, 4) is 0 Å². The number of carbonyl (C=O) groups excluding carboxylic acids is 1. The molecule has 0 aliphatic heterocycles. The smallest absolute Gasteiger partial charge is 0.267 e. The number of carbonyl (C=O) groups is 1. The van der Waals surface area contributed by atoms with Crippen LogP contribution in [0.5, 0.6) is 0 Å². The van der Waals surface area contributed by atoms with Crippen LogP contribution in [-0.2, 0) is 7.05 Å². The Morgan fingerprint density at radius 2 is 1.91 bits per heavy atom. The average Bonchev–Trinajstić information content (AvgIpc) is 2.84. The molecule has 1 aromatic heterocycles. The van der Waals surface area contributed by atoms with E-state index in [9.17, 15) is 4.79 Å². The zero-order chi connectivity index (χ0) is 16.1. The highest BCUT2D eigenvalue weighted by atomic mass is 16.1. The van der Waals surface area contributed by atoms with E-state index < -0.39 is 0 Å². The molecule has 0 fully saturated rings. The minimum absolute atomic E-state index is 0.0172. The van der Waals surface area contributed by atoms with Crippen LogP contribution >= 0.6 is 0 Å². The van der Waals surface area contributed by atoms with Crippen molar-refractivity contribution in [2.75, 3.05) is 24.5 Å².